The molecule has 0 atom stereocenters. The number of fused-ring (bicyclic) bond motifs is 1. The van der Waals surface area contributed by atoms with Crippen molar-refractivity contribution in [2.75, 3.05) is 0 Å². The molecule has 0 amide bonds. The molecule has 0 heterocycles. The monoisotopic (exact) mass is 243 g/mol. The zero-order valence-corrected chi connectivity index (χ0v) is 8.46. The number of nitro benzene ring substituents is 1. The molecule has 0 fully saturated rings. The van der Waals surface area contributed by atoms with Crippen LogP contribution in [0.15, 0.2) is 24.3 Å². The molecule has 0 aliphatic carbocycles. The lowest BCUT2D eigenvalue weighted by Gasteiger charge is -2.04. The van der Waals surface area contributed by atoms with Gasteiger partial charge in [0, 0.05) is 5.39 Å². The maximum Gasteiger partial charge on any atom is 0.315 e. The highest BCUT2D eigenvalue weighted by Gasteiger charge is 2.26. The number of rotatable bonds is 1. The highest BCUT2D eigenvalue weighted by Crippen LogP contribution is 2.36. The molecule has 0 saturated heterocycles. The molecule has 0 N–H and O–H groups in total. The molecule has 0 unspecified atom stereocenters. The molecular weight excluding hydrogens is 240 g/mol. The summed E-state index contributed by atoms with van der Waals surface area (Å²) < 4.78 is 26.6. The largest absolute Gasteiger partial charge is 0.315 e. The topological polar surface area (TPSA) is 43.1 Å². The maximum atomic E-state index is 13.3. The first-order chi connectivity index (χ1) is 7.54. The van der Waals surface area contributed by atoms with Gasteiger partial charge in [0.1, 0.15) is 0 Å². The van der Waals surface area contributed by atoms with Crippen molar-refractivity contribution in [3.8, 4) is 0 Å². The van der Waals surface area contributed by atoms with E-state index in [0.717, 1.165) is 0 Å². The Bertz CT molecular complexity index is 601. The lowest BCUT2D eigenvalue weighted by molar-refractivity contribution is -0.385. The minimum atomic E-state index is -1.53. The van der Waals surface area contributed by atoms with E-state index >= 15 is 0 Å². The number of nitro groups is 1. The van der Waals surface area contributed by atoms with Gasteiger partial charge in [-0.25, -0.2) is 4.39 Å². The molecule has 0 aliphatic rings. The van der Waals surface area contributed by atoms with E-state index in [1.165, 1.54) is 24.3 Å². The van der Waals surface area contributed by atoms with E-state index in [0.29, 0.717) is 0 Å². The van der Waals surface area contributed by atoms with Gasteiger partial charge in [0.25, 0.3) is 0 Å². The molecule has 82 valence electrons. The minimum Gasteiger partial charge on any atom is -0.258 e. The minimum absolute atomic E-state index is 0.0172. The van der Waals surface area contributed by atoms with Gasteiger partial charge in [0.15, 0.2) is 5.82 Å². The second kappa shape index (κ2) is 3.68. The molecule has 0 aliphatic heterocycles. The molecule has 0 aromatic heterocycles. The van der Waals surface area contributed by atoms with Crippen molar-refractivity contribution in [3.63, 3.8) is 0 Å². The van der Waals surface area contributed by atoms with E-state index in [1.54, 1.807) is 0 Å². The molecule has 6 heteroatoms. The zero-order valence-electron chi connectivity index (χ0n) is 7.71. The maximum absolute atomic E-state index is 13.3. The fourth-order valence-electron chi connectivity index (χ4n) is 1.50. The summed E-state index contributed by atoms with van der Waals surface area (Å²) in [6.45, 7) is 0. The molecule has 0 radical (unpaired) electrons. The Balaban J connectivity index is 3.04. The second-order valence-corrected chi connectivity index (χ2v) is 3.47. The Morgan fingerprint density at radius 1 is 1.12 bits per heavy atom. The fraction of sp³-hybridized carbons (Fsp3) is 0. The van der Waals surface area contributed by atoms with Crippen molar-refractivity contribution in [1.82, 2.24) is 0 Å². The van der Waals surface area contributed by atoms with E-state index in [2.05, 4.69) is 0 Å². The van der Waals surface area contributed by atoms with Crippen LogP contribution in [0.3, 0.4) is 0 Å². The van der Waals surface area contributed by atoms with Gasteiger partial charge in [-0.15, -0.1) is 0 Å². The third kappa shape index (κ3) is 1.40. The lowest BCUT2D eigenvalue weighted by atomic mass is 10.1. The molecule has 2 aromatic carbocycles. The fourth-order valence-corrected chi connectivity index (χ4v) is 1.74. The van der Waals surface area contributed by atoms with Gasteiger partial charge in [-0.1, -0.05) is 29.8 Å². The second-order valence-electron chi connectivity index (χ2n) is 3.09. The Morgan fingerprint density at radius 2 is 1.69 bits per heavy atom. The van der Waals surface area contributed by atoms with Crippen molar-refractivity contribution in [2.24, 2.45) is 0 Å². The summed E-state index contributed by atoms with van der Waals surface area (Å²) in [4.78, 5) is 9.69. The van der Waals surface area contributed by atoms with Crippen molar-refractivity contribution < 1.29 is 13.7 Å². The van der Waals surface area contributed by atoms with Crippen LogP contribution in [0.1, 0.15) is 0 Å². The van der Waals surface area contributed by atoms with Gasteiger partial charge in [-0.05, 0) is 6.07 Å². The Kier molecular flexibility index (Phi) is 2.47. The predicted octanol–water partition coefficient (Wildman–Crippen LogP) is 3.68. The zero-order chi connectivity index (χ0) is 11.9. The Morgan fingerprint density at radius 3 is 2.25 bits per heavy atom. The lowest BCUT2D eigenvalue weighted by Crippen LogP contribution is -1.98. The summed E-state index contributed by atoms with van der Waals surface area (Å²) in [6, 6.07) is 5.74. The quantitative estimate of drug-likeness (QED) is 0.436. The van der Waals surface area contributed by atoms with Crippen LogP contribution >= 0.6 is 11.6 Å². The smallest absolute Gasteiger partial charge is 0.258 e. The molecule has 16 heavy (non-hydrogen) atoms. The van der Waals surface area contributed by atoms with E-state index in [1.807, 2.05) is 0 Å². The van der Waals surface area contributed by atoms with E-state index in [-0.39, 0.29) is 10.8 Å². The summed E-state index contributed by atoms with van der Waals surface area (Å²) in [5.74, 6) is -2.93. The number of hydrogen-bond donors (Lipinski definition) is 0. The third-order valence-corrected chi connectivity index (χ3v) is 2.56. The Hall–Kier alpha value is -1.75. The van der Waals surface area contributed by atoms with Gasteiger partial charge in [0.2, 0.25) is 5.82 Å². The molecule has 3 nitrogen and oxygen atoms in total. The molecule has 0 spiro atoms. The molecule has 2 rings (SSSR count). The summed E-state index contributed by atoms with van der Waals surface area (Å²) >= 11 is 5.57. The van der Waals surface area contributed by atoms with Gasteiger partial charge in [-0.3, -0.25) is 10.1 Å². The highest BCUT2D eigenvalue weighted by molar-refractivity contribution is 6.36. The van der Waals surface area contributed by atoms with E-state index in [9.17, 15) is 18.9 Å². The normalized spacial score (nSPS) is 10.7. The van der Waals surface area contributed by atoms with Crippen LogP contribution in [0.25, 0.3) is 10.8 Å². The standard InChI is InChI=1S/C10H4ClF2NO2/c11-7-5-3-1-2-4-6(5)10(14(15)16)9(13)8(7)12/h1-4H. The number of hydrogen-bond acceptors (Lipinski definition) is 2. The van der Waals surface area contributed by atoms with Crippen LogP contribution in [-0.4, -0.2) is 4.92 Å². The van der Waals surface area contributed by atoms with Gasteiger partial charge in [0.05, 0.1) is 15.3 Å². The van der Waals surface area contributed by atoms with Crippen LogP contribution in [0, 0.1) is 21.7 Å². The first-order valence-corrected chi connectivity index (χ1v) is 4.61. The summed E-state index contributed by atoms with van der Waals surface area (Å²) in [5, 5.41) is 10.3. The van der Waals surface area contributed by atoms with Crippen LogP contribution in [-0.2, 0) is 0 Å². The van der Waals surface area contributed by atoms with Crippen LogP contribution in [0.5, 0.6) is 0 Å². The van der Waals surface area contributed by atoms with Crippen LogP contribution in [0.4, 0.5) is 14.5 Å². The van der Waals surface area contributed by atoms with Gasteiger partial charge < -0.3 is 0 Å². The van der Waals surface area contributed by atoms with Gasteiger partial charge in [-0.2, -0.15) is 4.39 Å². The number of halogens is 3. The molecule has 0 saturated carbocycles. The first kappa shape index (κ1) is 10.8. The molecule has 0 bridgehead atoms. The average molecular weight is 244 g/mol. The first-order valence-electron chi connectivity index (χ1n) is 4.23. The van der Waals surface area contributed by atoms with Crippen molar-refractivity contribution >= 4 is 28.1 Å². The van der Waals surface area contributed by atoms with E-state index < -0.39 is 27.3 Å². The average Bonchev–Trinajstić information content (AvgIpc) is 2.26. The summed E-state index contributed by atoms with van der Waals surface area (Å²) in [5.41, 5.74) is -0.891. The highest BCUT2D eigenvalue weighted by atomic mass is 35.5. The van der Waals surface area contributed by atoms with Crippen LogP contribution < -0.4 is 0 Å². The van der Waals surface area contributed by atoms with Crippen molar-refractivity contribution in [3.05, 3.63) is 51.0 Å². The molecule has 2 aromatic rings. The van der Waals surface area contributed by atoms with Crippen LogP contribution in [0.2, 0.25) is 5.02 Å². The SMILES string of the molecule is O=[N+]([O-])c1c(F)c(F)c(Cl)c2ccccc12. The number of benzene rings is 2. The van der Waals surface area contributed by atoms with Crippen molar-refractivity contribution in [1.29, 1.82) is 0 Å². The molecular formula is C10H4ClF2NO2. The van der Waals surface area contributed by atoms with Crippen molar-refractivity contribution in [2.45, 2.75) is 0 Å². The van der Waals surface area contributed by atoms with E-state index in [4.69, 9.17) is 11.6 Å². The summed E-state index contributed by atoms with van der Waals surface area (Å²) in [7, 11) is 0. The summed E-state index contributed by atoms with van der Waals surface area (Å²) in [6.07, 6.45) is 0. The number of nitrogens with zero attached hydrogens (tertiary/aromatic N) is 1. The predicted molar refractivity (Wildman–Crippen MR) is 55.5 cm³/mol. The third-order valence-electron chi connectivity index (χ3n) is 2.19. The Labute approximate surface area is 93.4 Å². The van der Waals surface area contributed by atoms with Gasteiger partial charge >= 0.3 is 5.69 Å².